The molecule has 6 heteroatoms. The smallest absolute Gasteiger partial charge is 0.323 e. The number of likely N-dealkylation sites (tertiary alicyclic amines) is 1. The van der Waals surface area contributed by atoms with Crippen molar-refractivity contribution in [1.82, 2.24) is 14.9 Å². The van der Waals surface area contributed by atoms with Crippen LogP contribution in [0.2, 0.25) is 0 Å². The summed E-state index contributed by atoms with van der Waals surface area (Å²) in [6, 6.07) is 3.71. The van der Waals surface area contributed by atoms with Gasteiger partial charge < -0.3 is 19.8 Å². The lowest BCUT2D eigenvalue weighted by Crippen LogP contribution is -2.54. The number of ether oxygens (including phenoxy) is 1. The van der Waals surface area contributed by atoms with E-state index >= 15 is 0 Å². The second kappa shape index (κ2) is 5.11. The average molecular weight is 317 g/mol. The van der Waals surface area contributed by atoms with Crippen molar-refractivity contribution in [3.8, 4) is 5.75 Å². The number of benzene rings is 1. The van der Waals surface area contributed by atoms with Gasteiger partial charge in [-0.1, -0.05) is 6.42 Å². The maximum atomic E-state index is 11.6. The highest BCUT2D eigenvalue weighted by Gasteiger charge is 2.45. The lowest BCUT2D eigenvalue weighted by Gasteiger charge is -2.47. The van der Waals surface area contributed by atoms with Gasteiger partial charge in [-0.05, 0) is 45.8 Å². The van der Waals surface area contributed by atoms with Gasteiger partial charge in [0, 0.05) is 11.6 Å². The summed E-state index contributed by atoms with van der Waals surface area (Å²) in [5.41, 5.74) is 1.56. The van der Waals surface area contributed by atoms with Crippen LogP contribution in [-0.2, 0) is 0 Å². The van der Waals surface area contributed by atoms with Crippen LogP contribution in [0, 0.1) is 0 Å². The van der Waals surface area contributed by atoms with Crippen molar-refractivity contribution < 1.29 is 9.84 Å². The van der Waals surface area contributed by atoms with E-state index in [1.807, 2.05) is 26.0 Å². The van der Waals surface area contributed by atoms with Gasteiger partial charge in [-0.15, -0.1) is 0 Å². The summed E-state index contributed by atoms with van der Waals surface area (Å²) >= 11 is 0. The quantitative estimate of drug-likeness (QED) is 0.750. The second-order valence-electron chi connectivity index (χ2n) is 7.21. The molecule has 0 bridgehead atoms. The largest absolute Gasteiger partial charge is 0.485 e. The summed E-state index contributed by atoms with van der Waals surface area (Å²) in [7, 11) is 0. The summed E-state index contributed by atoms with van der Waals surface area (Å²) < 4.78 is 6.06. The molecule has 1 aromatic carbocycles. The Morgan fingerprint density at radius 1 is 1.17 bits per heavy atom. The Labute approximate surface area is 134 Å². The SMILES string of the molecule is CC1(C)Oc2cc3[nH]c(=O)[nH]c3cc2C(N2CCCCC2)C1O. The molecule has 1 aromatic heterocycles. The molecule has 2 unspecified atom stereocenters. The Kier molecular flexibility index (Phi) is 3.28. The Hall–Kier alpha value is -1.79. The van der Waals surface area contributed by atoms with E-state index in [1.165, 1.54) is 6.42 Å². The number of H-pyrrole nitrogens is 2. The molecule has 0 radical (unpaired) electrons. The molecule has 0 aliphatic carbocycles. The van der Waals surface area contributed by atoms with E-state index in [1.54, 1.807) is 0 Å². The zero-order valence-electron chi connectivity index (χ0n) is 13.6. The normalized spacial score (nSPS) is 27.6. The zero-order valence-corrected chi connectivity index (χ0v) is 13.6. The predicted octanol–water partition coefficient (Wildman–Crippen LogP) is 1.92. The van der Waals surface area contributed by atoms with Crippen LogP contribution < -0.4 is 10.4 Å². The molecule has 2 aliphatic heterocycles. The molecule has 1 saturated heterocycles. The van der Waals surface area contributed by atoms with Gasteiger partial charge in [0.05, 0.1) is 17.1 Å². The fraction of sp³-hybridized carbons (Fsp3) is 0.588. The van der Waals surface area contributed by atoms with Gasteiger partial charge in [0.15, 0.2) is 0 Å². The third kappa shape index (κ3) is 2.37. The molecular weight excluding hydrogens is 294 g/mol. The van der Waals surface area contributed by atoms with Crippen LogP contribution in [0.3, 0.4) is 0 Å². The van der Waals surface area contributed by atoms with E-state index in [0.29, 0.717) is 0 Å². The van der Waals surface area contributed by atoms with Gasteiger partial charge in [0.2, 0.25) is 0 Å². The molecular formula is C17H23N3O3. The van der Waals surface area contributed by atoms with Gasteiger partial charge in [0.25, 0.3) is 0 Å². The minimum Gasteiger partial charge on any atom is -0.485 e. The Morgan fingerprint density at radius 2 is 1.83 bits per heavy atom. The minimum atomic E-state index is -0.667. The highest BCUT2D eigenvalue weighted by Crippen LogP contribution is 2.44. The van der Waals surface area contributed by atoms with E-state index in [0.717, 1.165) is 48.3 Å². The van der Waals surface area contributed by atoms with Gasteiger partial charge in [-0.3, -0.25) is 4.90 Å². The number of nitrogens with zero attached hydrogens (tertiary/aromatic N) is 1. The van der Waals surface area contributed by atoms with Crippen LogP contribution in [0.4, 0.5) is 0 Å². The van der Waals surface area contributed by atoms with Crippen molar-refractivity contribution in [2.45, 2.75) is 50.9 Å². The van der Waals surface area contributed by atoms with Crippen molar-refractivity contribution in [3.63, 3.8) is 0 Å². The number of aliphatic hydroxyl groups is 1. The van der Waals surface area contributed by atoms with Gasteiger partial charge >= 0.3 is 5.69 Å². The third-order valence-corrected chi connectivity index (χ3v) is 5.13. The summed E-state index contributed by atoms with van der Waals surface area (Å²) in [6.07, 6.45) is 2.94. The molecule has 4 rings (SSSR count). The number of hydrogen-bond acceptors (Lipinski definition) is 4. The average Bonchev–Trinajstić information content (AvgIpc) is 2.86. The molecule has 3 heterocycles. The van der Waals surface area contributed by atoms with Crippen LogP contribution in [0.15, 0.2) is 16.9 Å². The van der Waals surface area contributed by atoms with Crippen LogP contribution in [-0.4, -0.2) is 44.8 Å². The van der Waals surface area contributed by atoms with Crippen molar-refractivity contribution >= 4 is 11.0 Å². The topological polar surface area (TPSA) is 81.4 Å². The summed E-state index contributed by atoms with van der Waals surface area (Å²) in [4.78, 5) is 19.5. The molecule has 124 valence electrons. The van der Waals surface area contributed by atoms with E-state index in [4.69, 9.17) is 4.74 Å². The number of fused-ring (bicyclic) bond motifs is 2. The number of imidazole rings is 1. The van der Waals surface area contributed by atoms with Crippen LogP contribution in [0.5, 0.6) is 5.75 Å². The van der Waals surface area contributed by atoms with Crippen molar-refractivity contribution in [3.05, 3.63) is 28.2 Å². The molecule has 2 atom stereocenters. The number of piperidine rings is 1. The van der Waals surface area contributed by atoms with E-state index in [-0.39, 0.29) is 11.7 Å². The zero-order chi connectivity index (χ0) is 16.2. The number of aromatic nitrogens is 2. The molecule has 0 amide bonds. The number of hydrogen-bond donors (Lipinski definition) is 3. The standard InChI is InChI=1S/C17H23N3O3/c1-17(2)15(21)14(20-6-4-3-5-7-20)10-8-11-12(9-13(10)23-17)19-16(22)18-11/h8-9,14-15,21H,3-7H2,1-2H3,(H2,18,19,22). The molecule has 2 aliphatic rings. The molecule has 0 spiro atoms. The highest BCUT2D eigenvalue weighted by atomic mass is 16.5. The summed E-state index contributed by atoms with van der Waals surface area (Å²) in [5, 5.41) is 10.9. The second-order valence-corrected chi connectivity index (χ2v) is 7.21. The van der Waals surface area contributed by atoms with Crippen molar-refractivity contribution in [2.75, 3.05) is 13.1 Å². The first kappa shape index (κ1) is 14.8. The molecule has 0 saturated carbocycles. The molecule has 1 fully saturated rings. The monoisotopic (exact) mass is 317 g/mol. The Bertz CT molecular complexity index is 786. The lowest BCUT2D eigenvalue weighted by atomic mass is 9.84. The molecule has 2 aromatic rings. The fourth-order valence-corrected chi connectivity index (χ4v) is 3.89. The van der Waals surface area contributed by atoms with E-state index in [9.17, 15) is 9.90 Å². The maximum Gasteiger partial charge on any atom is 0.323 e. The lowest BCUT2D eigenvalue weighted by molar-refractivity contribution is -0.0960. The first-order valence-corrected chi connectivity index (χ1v) is 8.33. The third-order valence-electron chi connectivity index (χ3n) is 5.13. The van der Waals surface area contributed by atoms with Crippen molar-refractivity contribution in [1.29, 1.82) is 0 Å². The van der Waals surface area contributed by atoms with Crippen molar-refractivity contribution in [2.24, 2.45) is 0 Å². The fourth-order valence-electron chi connectivity index (χ4n) is 3.89. The van der Waals surface area contributed by atoms with Gasteiger partial charge in [-0.25, -0.2) is 4.79 Å². The number of aromatic amines is 2. The number of rotatable bonds is 1. The van der Waals surface area contributed by atoms with E-state index in [2.05, 4.69) is 14.9 Å². The molecule has 23 heavy (non-hydrogen) atoms. The van der Waals surface area contributed by atoms with Crippen LogP contribution in [0.1, 0.15) is 44.7 Å². The van der Waals surface area contributed by atoms with Gasteiger partial charge in [0.1, 0.15) is 17.5 Å². The first-order valence-electron chi connectivity index (χ1n) is 8.33. The first-order chi connectivity index (χ1) is 11.0. The Balaban J connectivity index is 1.87. The predicted molar refractivity (Wildman–Crippen MR) is 87.8 cm³/mol. The van der Waals surface area contributed by atoms with E-state index < -0.39 is 11.7 Å². The van der Waals surface area contributed by atoms with Crippen LogP contribution >= 0.6 is 0 Å². The number of nitrogens with one attached hydrogen (secondary N) is 2. The van der Waals surface area contributed by atoms with Crippen LogP contribution in [0.25, 0.3) is 11.0 Å². The highest BCUT2D eigenvalue weighted by molar-refractivity contribution is 5.78. The number of aliphatic hydroxyl groups excluding tert-OH is 1. The summed E-state index contributed by atoms with van der Waals surface area (Å²) in [5.74, 6) is 0.749. The minimum absolute atomic E-state index is 0.100. The maximum absolute atomic E-state index is 11.6. The molecule has 3 N–H and O–H groups in total. The molecule has 6 nitrogen and oxygen atoms in total. The van der Waals surface area contributed by atoms with Gasteiger partial charge in [-0.2, -0.15) is 0 Å². The Morgan fingerprint density at radius 3 is 2.52 bits per heavy atom. The summed E-state index contributed by atoms with van der Waals surface area (Å²) in [6.45, 7) is 5.81.